The SMILES string of the molecule is CN(C)CCNS(=O)(=O)c1cccc2nsnc12. The first-order valence-corrected chi connectivity index (χ1v) is 7.58. The van der Waals surface area contributed by atoms with Crippen molar-refractivity contribution >= 4 is 32.8 Å². The molecule has 98 valence electrons. The molecule has 2 rings (SSSR count). The molecule has 0 saturated heterocycles. The highest BCUT2D eigenvalue weighted by Crippen LogP contribution is 2.20. The van der Waals surface area contributed by atoms with Crippen molar-refractivity contribution in [2.75, 3.05) is 27.2 Å². The fourth-order valence-electron chi connectivity index (χ4n) is 1.48. The standard InChI is InChI=1S/C10H14N4O2S2/c1-14(2)7-6-11-18(15,16)9-5-3-4-8-10(9)13-17-12-8/h3-5,11H,6-7H2,1-2H3. The predicted molar refractivity (Wildman–Crippen MR) is 71.2 cm³/mol. The van der Waals surface area contributed by atoms with Crippen molar-refractivity contribution < 1.29 is 8.42 Å². The molecule has 0 bridgehead atoms. The Hall–Kier alpha value is -1.09. The summed E-state index contributed by atoms with van der Waals surface area (Å²) in [5.74, 6) is 0. The van der Waals surface area contributed by atoms with Gasteiger partial charge in [-0.3, -0.25) is 0 Å². The normalized spacial score (nSPS) is 12.4. The maximum atomic E-state index is 12.1. The minimum Gasteiger partial charge on any atom is -0.308 e. The molecule has 1 heterocycles. The van der Waals surface area contributed by atoms with E-state index in [1.54, 1.807) is 18.2 Å². The number of rotatable bonds is 5. The van der Waals surface area contributed by atoms with Gasteiger partial charge in [-0.15, -0.1) is 0 Å². The molecule has 0 amide bonds. The highest BCUT2D eigenvalue weighted by atomic mass is 32.2. The Labute approximate surface area is 110 Å². The third kappa shape index (κ3) is 2.83. The number of likely N-dealkylation sites (N-methyl/N-ethyl adjacent to an activating group) is 1. The van der Waals surface area contributed by atoms with Gasteiger partial charge in [0, 0.05) is 13.1 Å². The molecule has 2 aromatic rings. The van der Waals surface area contributed by atoms with Crippen LogP contribution < -0.4 is 4.72 Å². The fraction of sp³-hybridized carbons (Fsp3) is 0.400. The maximum Gasteiger partial charge on any atom is 0.242 e. The van der Waals surface area contributed by atoms with Crippen LogP contribution in [-0.4, -0.2) is 49.2 Å². The lowest BCUT2D eigenvalue weighted by Gasteiger charge is -2.11. The molecule has 0 unspecified atom stereocenters. The zero-order valence-electron chi connectivity index (χ0n) is 10.1. The molecular formula is C10H14N4O2S2. The average Bonchev–Trinajstić information content (AvgIpc) is 2.75. The molecule has 0 radical (unpaired) electrons. The number of nitrogens with zero attached hydrogens (tertiary/aromatic N) is 3. The molecule has 0 spiro atoms. The second-order valence-corrected chi connectivity index (χ2v) is 6.35. The van der Waals surface area contributed by atoms with Crippen LogP contribution in [0, 0.1) is 0 Å². The number of hydrogen-bond acceptors (Lipinski definition) is 6. The Balaban J connectivity index is 2.27. The van der Waals surface area contributed by atoms with E-state index >= 15 is 0 Å². The van der Waals surface area contributed by atoms with E-state index in [1.165, 1.54) is 0 Å². The summed E-state index contributed by atoms with van der Waals surface area (Å²) < 4.78 is 34.9. The van der Waals surface area contributed by atoms with Crippen LogP contribution >= 0.6 is 11.7 Å². The van der Waals surface area contributed by atoms with Gasteiger partial charge in [-0.1, -0.05) is 6.07 Å². The molecule has 8 heteroatoms. The fourth-order valence-corrected chi connectivity index (χ4v) is 3.27. The highest BCUT2D eigenvalue weighted by molar-refractivity contribution is 7.89. The molecule has 0 aliphatic heterocycles. The quantitative estimate of drug-likeness (QED) is 0.868. The Kier molecular flexibility index (Phi) is 3.91. The summed E-state index contributed by atoms with van der Waals surface area (Å²) in [6.45, 7) is 1.01. The summed E-state index contributed by atoms with van der Waals surface area (Å²) >= 11 is 1.01. The van der Waals surface area contributed by atoms with Crippen LogP contribution in [0.5, 0.6) is 0 Å². The Bertz CT molecular complexity index is 636. The summed E-state index contributed by atoms with van der Waals surface area (Å²) in [5, 5.41) is 0. The van der Waals surface area contributed by atoms with Gasteiger partial charge in [-0.25, -0.2) is 13.1 Å². The summed E-state index contributed by atoms with van der Waals surface area (Å²) in [6.07, 6.45) is 0. The Morgan fingerprint density at radius 1 is 1.33 bits per heavy atom. The lowest BCUT2D eigenvalue weighted by Crippen LogP contribution is -2.31. The van der Waals surface area contributed by atoms with Gasteiger partial charge < -0.3 is 4.90 Å². The van der Waals surface area contributed by atoms with Crippen LogP contribution in [0.3, 0.4) is 0 Å². The number of aromatic nitrogens is 2. The third-order valence-electron chi connectivity index (χ3n) is 2.39. The van der Waals surface area contributed by atoms with Crippen molar-refractivity contribution in [3.8, 4) is 0 Å². The van der Waals surface area contributed by atoms with Gasteiger partial charge in [0.25, 0.3) is 0 Å². The second-order valence-electron chi connectivity index (χ2n) is 4.09. The van der Waals surface area contributed by atoms with Gasteiger partial charge in [0.1, 0.15) is 15.9 Å². The van der Waals surface area contributed by atoms with Gasteiger partial charge in [-0.05, 0) is 26.2 Å². The van der Waals surface area contributed by atoms with Gasteiger partial charge in [0.2, 0.25) is 10.0 Å². The number of fused-ring (bicyclic) bond motifs is 1. The lowest BCUT2D eigenvalue weighted by molar-refractivity contribution is 0.412. The molecule has 1 N–H and O–H groups in total. The van der Waals surface area contributed by atoms with E-state index in [9.17, 15) is 8.42 Å². The molecule has 0 aliphatic carbocycles. The van der Waals surface area contributed by atoms with Crippen molar-refractivity contribution in [1.29, 1.82) is 0 Å². The molecule has 0 fully saturated rings. The zero-order chi connectivity index (χ0) is 13.2. The maximum absolute atomic E-state index is 12.1. The van der Waals surface area contributed by atoms with E-state index in [0.29, 0.717) is 24.1 Å². The van der Waals surface area contributed by atoms with Gasteiger partial charge in [-0.2, -0.15) is 8.75 Å². The summed E-state index contributed by atoms with van der Waals surface area (Å²) in [5.41, 5.74) is 1.04. The van der Waals surface area contributed by atoms with E-state index in [2.05, 4.69) is 13.5 Å². The van der Waals surface area contributed by atoms with Crippen LogP contribution in [0.1, 0.15) is 0 Å². The Morgan fingerprint density at radius 2 is 2.11 bits per heavy atom. The van der Waals surface area contributed by atoms with E-state index in [4.69, 9.17) is 0 Å². The summed E-state index contributed by atoms with van der Waals surface area (Å²) in [6, 6.07) is 4.96. The van der Waals surface area contributed by atoms with Crippen LogP contribution in [0.4, 0.5) is 0 Å². The highest BCUT2D eigenvalue weighted by Gasteiger charge is 2.18. The van der Waals surface area contributed by atoms with Crippen LogP contribution in [0.15, 0.2) is 23.1 Å². The van der Waals surface area contributed by atoms with E-state index < -0.39 is 10.0 Å². The molecule has 18 heavy (non-hydrogen) atoms. The predicted octanol–water partition coefficient (Wildman–Crippen LogP) is 0.531. The van der Waals surface area contributed by atoms with Crippen LogP contribution in [0.25, 0.3) is 11.0 Å². The molecule has 1 aromatic carbocycles. The zero-order valence-corrected chi connectivity index (χ0v) is 11.8. The van der Waals surface area contributed by atoms with E-state index in [0.717, 1.165) is 11.7 Å². The first-order valence-electron chi connectivity index (χ1n) is 5.36. The topological polar surface area (TPSA) is 75.2 Å². The van der Waals surface area contributed by atoms with Crippen molar-refractivity contribution in [3.05, 3.63) is 18.2 Å². The van der Waals surface area contributed by atoms with Crippen molar-refractivity contribution in [3.63, 3.8) is 0 Å². The molecule has 6 nitrogen and oxygen atoms in total. The van der Waals surface area contributed by atoms with Gasteiger partial charge in [0.05, 0.1) is 11.7 Å². The molecule has 0 aliphatic rings. The Morgan fingerprint density at radius 3 is 2.83 bits per heavy atom. The van der Waals surface area contributed by atoms with Crippen molar-refractivity contribution in [1.82, 2.24) is 18.4 Å². The first kappa shape index (κ1) is 13.3. The molecule has 1 aromatic heterocycles. The molecule has 0 atom stereocenters. The van der Waals surface area contributed by atoms with E-state index in [1.807, 2.05) is 19.0 Å². The van der Waals surface area contributed by atoms with Gasteiger partial charge in [0.15, 0.2) is 0 Å². The minimum absolute atomic E-state index is 0.188. The minimum atomic E-state index is -3.52. The first-order chi connectivity index (χ1) is 8.50. The van der Waals surface area contributed by atoms with Crippen molar-refractivity contribution in [2.45, 2.75) is 4.90 Å². The number of hydrogen-bond donors (Lipinski definition) is 1. The van der Waals surface area contributed by atoms with Crippen LogP contribution in [0.2, 0.25) is 0 Å². The molecular weight excluding hydrogens is 272 g/mol. The van der Waals surface area contributed by atoms with Gasteiger partial charge >= 0.3 is 0 Å². The third-order valence-corrected chi connectivity index (χ3v) is 4.42. The summed E-state index contributed by atoms with van der Waals surface area (Å²) in [7, 11) is 0.252. The lowest BCUT2D eigenvalue weighted by atomic mass is 10.3. The second kappa shape index (κ2) is 5.27. The van der Waals surface area contributed by atoms with Crippen LogP contribution in [-0.2, 0) is 10.0 Å². The average molecular weight is 286 g/mol. The largest absolute Gasteiger partial charge is 0.308 e. The number of benzene rings is 1. The van der Waals surface area contributed by atoms with E-state index in [-0.39, 0.29) is 4.90 Å². The monoisotopic (exact) mass is 286 g/mol. The number of nitrogens with one attached hydrogen (secondary N) is 1. The smallest absolute Gasteiger partial charge is 0.242 e. The summed E-state index contributed by atoms with van der Waals surface area (Å²) in [4.78, 5) is 2.10. The number of sulfonamides is 1. The molecule has 0 saturated carbocycles. The van der Waals surface area contributed by atoms with Crippen molar-refractivity contribution in [2.24, 2.45) is 0 Å².